The van der Waals surface area contributed by atoms with Crippen LogP contribution in [-0.4, -0.2) is 0 Å². The van der Waals surface area contributed by atoms with E-state index in [9.17, 15) is 0 Å². The molecule has 0 spiro atoms. The van der Waals surface area contributed by atoms with Crippen molar-refractivity contribution in [2.75, 3.05) is 0 Å². The quantitative estimate of drug-likeness (QED) is 0.519. The summed E-state index contributed by atoms with van der Waals surface area (Å²) in [5.41, 5.74) is 4.06. The van der Waals surface area contributed by atoms with Gasteiger partial charge in [0.15, 0.2) is 0 Å². The smallest absolute Gasteiger partial charge is 0.0184 e. The lowest BCUT2D eigenvalue weighted by atomic mass is 9.87. The fourth-order valence-corrected chi connectivity index (χ4v) is 4.15. The van der Waals surface area contributed by atoms with Crippen LogP contribution >= 0.6 is 0 Å². The van der Waals surface area contributed by atoms with Crippen LogP contribution in [0, 0.1) is 5.92 Å². The number of hydrogen-bond donors (Lipinski definition) is 0. The van der Waals surface area contributed by atoms with Gasteiger partial charge in [-0.15, -0.1) is 0 Å². The van der Waals surface area contributed by atoms with Gasteiger partial charge in [0.1, 0.15) is 0 Å². The maximum Gasteiger partial charge on any atom is -0.0184 e. The highest BCUT2D eigenvalue weighted by molar-refractivity contribution is 5.62. The molecule has 2 aromatic rings. The fraction of sp³-hybridized carbons (Fsp3) is 0.407. The molecule has 27 heavy (non-hydrogen) atoms. The Morgan fingerprint density at radius 3 is 1.48 bits per heavy atom. The summed E-state index contributed by atoms with van der Waals surface area (Å²) in [7, 11) is 0. The lowest BCUT2D eigenvalue weighted by Crippen LogP contribution is -2.06. The van der Waals surface area contributed by atoms with E-state index in [4.69, 9.17) is 0 Å². The molecule has 0 aromatic heterocycles. The van der Waals surface area contributed by atoms with Crippen LogP contribution in [0.15, 0.2) is 78.9 Å². The van der Waals surface area contributed by atoms with Crippen molar-refractivity contribution >= 4 is 0 Å². The van der Waals surface area contributed by atoms with Gasteiger partial charge in [-0.2, -0.15) is 0 Å². The van der Waals surface area contributed by atoms with Crippen molar-refractivity contribution in [2.45, 2.75) is 64.2 Å². The van der Waals surface area contributed by atoms with Crippen molar-refractivity contribution in [3.05, 3.63) is 84.4 Å². The maximum atomic E-state index is 2.35. The summed E-state index contributed by atoms with van der Waals surface area (Å²) < 4.78 is 0. The molecule has 0 aliphatic heterocycles. The van der Waals surface area contributed by atoms with Crippen LogP contribution in [0.3, 0.4) is 0 Å². The predicted molar refractivity (Wildman–Crippen MR) is 118 cm³/mol. The molecule has 0 unspecified atom stereocenters. The molecule has 0 amide bonds. The van der Waals surface area contributed by atoms with E-state index in [1.54, 1.807) is 0 Å². The molecular weight excluding hydrogens is 324 g/mol. The average Bonchev–Trinajstić information content (AvgIpc) is 2.71. The molecule has 1 aliphatic rings. The summed E-state index contributed by atoms with van der Waals surface area (Å²) in [5.74, 6) is 0.876. The zero-order chi connectivity index (χ0) is 18.6. The van der Waals surface area contributed by atoms with E-state index in [0.29, 0.717) is 0 Å². The Balaban J connectivity index is 1.67. The van der Waals surface area contributed by atoms with Crippen molar-refractivity contribution in [3.8, 4) is 11.1 Å². The molecule has 3 rings (SSSR count). The van der Waals surface area contributed by atoms with Crippen molar-refractivity contribution in [2.24, 2.45) is 5.92 Å². The third kappa shape index (κ3) is 7.21. The second-order valence-corrected chi connectivity index (χ2v) is 7.96. The van der Waals surface area contributed by atoms with E-state index < -0.39 is 0 Å². The lowest BCUT2D eigenvalue weighted by Gasteiger charge is -2.18. The van der Waals surface area contributed by atoms with Gasteiger partial charge >= 0.3 is 0 Å². The van der Waals surface area contributed by atoms with Crippen LogP contribution < -0.4 is 0 Å². The van der Waals surface area contributed by atoms with Crippen LogP contribution in [0.2, 0.25) is 0 Å². The van der Waals surface area contributed by atoms with E-state index in [0.717, 1.165) is 5.92 Å². The first-order valence-electron chi connectivity index (χ1n) is 10.9. The highest BCUT2D eigenvalue weighted by Crippen LogP contribution is 2.26. The normalized spacial score (nSPS) is 16.3. The first-order valence-corrected chi connectivity index (χ1v) is 10.9. The Bertz CT molecular complexity index is 677. The van der Waals surface area contributed by atoms with Crippen LogP contribution in [0.1, 0.15) is 63.4 Å². The standard InChI is InChI=1S/C27H34/c1-3-7-11-15-24(16-12-8-4-1)23-25-19-21-27(22-20-25)26-17-13-9-5-2-6-10-14-18-26/h2,5-6,9-10,13-14,17-22,24H,1,3-4,7-8,11-12,15-16,23H2. The van der Waals surface area contributed by atoms with Crippen molar-refractivity contribution in [1.82, 2.24) is 0 Å². The Morgan fingerprint density at radius 1 is 0.481 bits per heavy atom. The minimum atomic E-state index is 0.876. The second kappa shape index (κ2) is 11.6. The fourth-order valence-electron chi connectivity index (χ4n) is 4.15. The molecule has 0 heterocycles. The van der Waals surface area contributed by atoms with Gasteiger partial charge in [-0.3, -0.25) is 0 Å². The summed E-state index contributed by atoms with van der Waals surface area (Å²) in [6.07, 6.45) is 14.2. The van der Waals surface area contributed by atoms with Crippen LogP contribution in [0.4, 0.5) is 0 Å². The molecule has 1 saturated carbocycles. The molecule has 1 fully saturated rings. The SMILES string of the molecule is c1ccccc(-c2ccc(CC3CCCCCCCCC3)cc2)cccc1. The summed E-state index contributed by atoms with van der Waals surface area (Å²) >= 11 is 0. The zero-order valence-corrected chi connectivity index (χ0v) is 16.7. The second-order valence-electron chi connectivity index (χ2n) is 7.96. The van der Waals surface area contributed by atoms with Gasteiger partial charge in [0, 0.05) is 0 Å². The first kappa shape index (κ1) is 19.7. The number of rotatable bonds is 3. The van der Waals surface area contributed by atoms with Gasteiger partial charge in [0.05, 0.1) is 0 Å². The Hall–Kier alpha value is -2.08. The van der Waals surface area contributed by atoms with E-state index >= 15 is 0 Å². The molecule has 0 atom stereocenters. The van der Waals surface area contributed by atoms with Gasteiger partial charge in [0.25, 0.3) is 0 Å². The average molecular weight is 359 g/mol. The van der Waals surface area contributed by atoms with E-state index in [1.165, 1.54) is 80.9 Å². The summed E-state index contributed by atoms with van der Waals surface area (Å²) in [6, 6.07) is 28.2. The summed E-state index contributed by atoms with van der Waals surface area (Å²) in [5, 5.41) is 0. The van der Waals surface area contributed by atoms with Gasteiger partial charge < -0.3 is 0 Å². The number of hydrogen-bond acceptors (Lipinski definition) is 0. The van der Waals surface area contributed by atoms with Gasteiger partial charge in [-0.25, -0.2) is 0 Å². The molecular formula is C27H34. The van der Waals surface area contributed by atoms with Crippen LogP contribution in [0.5, 0.6) is 0 Å². The van der Waals surface area contributed by atoms with E-state index in [2.05, 4.69) is 72.8 Å². The largest absolute Gasteiger partial charge is 0.0623 e. The molecule has 0 bridgehead atoms. The summed E-state index contributed by atoms with van der Waals surface area (Å²) in [4.78, 5) is 0. The molecule has 0 N–H and O–H groups in total. The van der Waals surface area contributed by atoms with Gasteiger partial charge in [-0.1, -0.05) is 137 Å². The van der Waals surface area contributed by atoms with E-state index in [1.807, 2.05) is 6.07 Å². The number of benzene rings is 1. The van der Waals surface area contributed by atoms with Crippen molar-refractivity contribution in [3.63, 3.8) is 0 Å². The maximum absolute atomic E-state index is 2.35. The lowest BCUT2D eigenvalue weighted by molar-refractivity contribution is 0.387. The topological polar surface area (TPSA) is 0 Å². The van der Waals surface area contributed by atoms with Crippen LogP contribution in [-0.2, 0) is 6.42 Å². The highest BCUT2D eigenvalue weighted by atomic mass is 14.2. The molecule has 1 aliphatic carbocycles. The third-order valence-corrected chi connectivity index (χ3v) is 5.75. The van der Waals surface area contributed by atoms with Crippen molar-refractivity contribution < 1.29 is 0 Å². The summed E-state index contributed by atoms with van der Waals surface area (Å²) in [6.45, 7) is 0. The third-order valence-electron chi connectivity index (χ3n) is 5.75. The molecule has 0 heteroatoms. The van der Waals surface area contributed by atoms with Gasteiger partial charge in [0.2, 0.25) is 0 Å². The predicted octanol–water partition coefficient (Wildman–Crippen LogP) is 8.16. The molecule has 2 aromatic carbocycles. The monoisotopic (exact) mass is 358 g/mol. The molecule has 0 radical (unpaired) electrons. The molecule has 142 valence electrons. The Kier molecular flexibility index (Phi) is 8.45. The first-order chi connectivity index (χ1) is 13.4. The minimum Gasteiger partial charge on any atom is -0.0623 e. The van der Waals surface area contributed by atoms with Gasteiger partial charge in [-0.05, 0) is 29.0 Å². The Labute approximate surface area is 166 Å². The highest BCUT2D eigenvalue weighted by Gasteiger charge is 2.11. The Morgan fingerprint density at radius 2 is 0.926 bits per heavy atom. The van der Waals surface area contributed by atoms with E-state index in [-0.39, 0.29) is 0 Å². The zero-order valence-electron chi connectivity index (χ0n) is 16.7. The molecule has 0 nitrogen and oxygen atoms in total. The molecule has 0 saturated heterocycles. The minimum absolute atomic E-state index is 0.876. The van der Waals surface area contributed by atoms with Crippen molar-refractivity contribution in [1.29, 1.82) is 0 Å². The van der Waals surface area contributed by atoms with Crippen LogP contribution in [0.25, 0.3) is 11.1 Å².